The van der Waals surface area contributed by atoms with Crippen molar-refractivity contribution in [1.29, 1.82) is 0 Å². The first kappa shape index (κ1) is 26.0. The lowest BCUT2D eigenvalue weighted by molar-refractivity contribution is -0.139. The van der Waals surface area contributed by atoms with Crippen LogP contribution >= 0.6 is 0 Å². The Morgan fingerprint density at radius 1 is 0.795 bits per heavy atom. The van der Waals surface area contributed by atoms with Gasteiger partial charge in [0.2, 0.25) is 0 Å². The van der Waals surface area contributed by atoms with Crippen LogP contribution in [0.25, 0.3) is 22.3 Å². The number of halogens is 3. The standard InChI is InChI=1S/C31H24F3NO4/c32-31(33,34)22-15-13-21(14-16-22)20-11-9-19(10-12-20)17-28(29(36)37)35-30(38)39-18-27-25-7-3-1-5-23(25)24-6-2-4-8-26(24)27/h1-16,27-28H,17-18H2,(H,35,38)(H,36,37)/t28-/m0/s1. The number of rotatable bonds is 7. The number of alkyl halides is 3. The molecule has 39 heavy (non-hydrogen) atoms. The van der Waals surface area contributed by atoms with Crippen LogP contribution in [0.3, 0.4) is 0 Å². The Hall–Kier alpha value is -4.59. The monoisotopic (exact) mass is 531 g/mol. The fourth-order valence-electron chi connectivity index (χ4n) is 4.90. The Morgan fingerprint density at radius 3 is 1.82 bits per heavy atom. The van der Waals surface area contributed by atoms with E-state index < -0.39 is 29.8 Å². The number of carboxylic acid groups (broad SMARTS) is 1. The van der Waals surface area contributed by atoms with E-state index in [-0.39, 0.29) is 18.9 Å². The maximum Gasteiger partial charge on any atom is 0.416 e. The van der Waals surface area contributed by atoms with Gasteiger partial charge in [0, 0.05) is 12.3 Å². The minimum atomic E-state index is -4.41. The molecule has 0 fully saturated rings. The maximum absolute atomic E-state index is 12.8. The van der Waals surface area contributed by atoms with Crippen molar-refractivity contribution in [3.05, 3.63) is 119 Å². The number of carbonyl (C=O) groups excluding carboxylic acids is 1. The van der Waals surface area contributed by atoms with Gasteiger partial charge in [-0.3, -0.25) is 0 Å². The topological polar surface area (TPSA) is 75.6 Å². The molecule has 0 unspecified atom stereocenters. The smallest absolute Gasteiger partial charge is 0.416 e. The first-order valence-electron chi connectivity index (χ1n) is 12.3. The van der Waals surface area contributed by atoms with Gasteiger partial charge in [0.25, 0.3) is 0 Å². The largest absolute Gasteiger partial charge is 0.480 e. The normalized spacial score (nSPS) is 13.3. The number of ether oxygens (including phenoxy) is 1. The summed E-state index contributed by atoms with van der Waals surface area (Å²) in [7, 11) is 0. The van der Waals surface area contributed by atoms with Gasteiger partial charge in [-0.15, -0.1) is 0 Å². The minimum absolute atomic E-state index is 0.00677. The van der Waals surface area contributed by atoms with Crippen molar-refractivity contribution in [3.63, 3.8) is 0 Å². The van der Waals surface area contributed by atoms with Crippen molar-refractivity contribution in [2.75, 3.05) is 6.61 Å². The van der Waals surface area contributed by atoms with E-state index in [2.05, 4.69) is 5.32 Å². The number of alkyl carbamates (subject to hydrolysis) is 1. The Balaban J connectivity index is 1.21. The summed E-state index contributed by atoms with van der Waals surface area (Å²) >= 11 is 0. The molecule has 1 amide bonds. The fourth-order valence-corrected chi connectivity index (χ4v) is 4.90. The number of fused-ring (bicyclic) bond motifs is 3. The summed E-state index contributed by atoms with van der Waals surface area (Å²) in [6.07, 6.45) is -5.23. The zero-order valence-corrected chi connectivity index (χ0v) is 20.6. The van der Waals surface area contributed by atoms with Gasteiger partial charge in [-0.05, 0) is 51.1 Å². The zero-order chi connectivity index (χ0) is 27.6. The van der Waals surface area contributed by atoms with Gasteiger partial charge in [0.05, 0.1) is 5.56 Å². The fraction of sp³-hybridized carbons (Fsp3) is 0.161. The second-order valence-corrected chi connectivity index (χ2v) is 9.34. The van der Waals surface area contributed by atoms with E-state index in [9.17, 15) is 27.9 Å². The summed E-state index contributed by atoms with van der Waals surface area (Å²) in [5, 5.41) is 12.1. The average molecular weight is 532 g/mol. The van der Waals surface area contributed by atoms with Gasteiger partial charge < -0.3 is 15.2 Å². The molecule has 2 N–H and O–H groups in total. The second-order valence-electron chi connectivity index (χ2n) is 9.34. The van der Waals surface area contributed by atoms with Crippen molar-refractivity contribution < 1.29 is 32.6 Å². The highest BCUT2D eigenvalue weighted by Gasteiger charge is 2.31. The van der Waals surface area contributed by atoms with E-state index >= 15 is 0 Å². The number of carboxylic acids is 1. The average Bonchev–Trinajstić information content (AvgIpc) is 3.25. The van der Waals surface area contributed by atoms with E-state index in [4.69, 9.17) is 4.74 Å². The molecule has 5 rings (SSSR count). The number of hydrogen-bond acceptors (Lipinski definition) is 3. The molecule has 8 heteroatoms. The predicted octanol–water partition coefficient (Wildman–Crippen LogP) is 6.91. The van der Waals surface area contributed by atoms with Crippen LogP contribution in [0.5, 0.6) is 0 Å². The first-order chi connectivity index (χ1) is 18.7. The maximum atomic E-state index is 12.8. The number of amides is 1. The van der Waals surface area contributed by atoms with Crippen LogP contribution in [0.2, 0.25) is 0 Å². The van der Waals surface area contributed by atoms with E-state index in [0.717, 1.165) is 34.4 Å². The van der Waals surface area contributed by atoms with Gasteiger partial charge in [-0.25, -0.2) is 9.59 Å². The summed E-state index contributed by atoms with van der Waals surface area (Å²) in [5.41, 5.74) is 5.47. The number of carbonyl (C=O) groups is 2. The van der Waals surface area contributed by atoms with Gasteiger partial charge in [-0.1, -0.05) is 84.9 Å². The second kappa shape index (κ2) is 10.6. The third-order valence-corrected chi connectivity index (χ3v) is 6.87. The molecule has 0 spiro atoms. The van der Waals surface area contributed by atoms with Crippen molar-refractivity contribution in [2.45, 2.75) is 24.6 Å². The molecule has 4 aromatic rings. The van der Waals surface area contributed by atoms with Crippen LogP contribution < -0.4 is 5.32 Å². The summed E-state index contributed by atoms with van der Waals surface area (Å²) in [6.45, 7) is 0.0635. The summed E-state index contributed by atoms with van der Waals surface area (Å²) in [4.78, 5) is 24.5. The molecule has 0 aromatic heterocycles. The Kier molecular flexibility index (Phi) is 7.11. The van der Waals surface area contributed by atoms with E-state index in [1.807, 2.05) is 48.5 Å². The minimum Gasteiger partial charge on any atom is -0.480 e. The van der Waals surface area contributed by atoms with Crippen LogP contribution in [-0.4, -0.2) is 29.8 Å². The lowest BCUT2D eigenvalue weighted by Crippen LogP contribution is -2.42. The van der Waals surface area contributed by atoms with Gasteiger partial charge in [0.15, 0.2) is 0 Å². The third kappa shape index (κ3) is 5.65. The summed E-state index contributed by atoms with van der Waals surface area (Å²) < 4.78 is 43.9. The lowest BCUT2D eigenvalue weighted by Gasteiger charge is -2.17. The highest BCUT2D eigenvalue weighted by Crippen LogP contribution is 2.44. The SMILES string of the molecule is O=C(N[C@@H](Cc1ccc(-c2ccc(C(F)(F)F)cc2)cc1)C(=O)O)OCC1c2ccccc2-c2ccccc21. The van der Waals surface area contributed by atoms with Gasteiger partial charge in [0.1, 0.15) is 12.6 Å². The molecule has 1 atom stereocenters. The molecule has 0 aliphatic heterocycles. The van der Waals surface area contributed by atoms with Crippen LogP contribution in [0.4, 0.5) is 18.0 Å². The molecule has 0 bridgehead atoms. The number of aliphatic carboxylic acids is 1. The lowest BCUT2D eigenvalue weighted by atomic mass is 9.98. The molecular formula is C31H24F3NO4. The quantitative estimate of drug-likeness (QED) is 0.272. The molecule has 5 nitrogen and oxygen atoms in total. The molecule has 0 saturated heterocycles. The predicted molar refractivity (Wildman–Crippen MR) is 140 cm³/mol. The van der Waals surface area contributed by atoms with E-state index in [1.54, 1.807) is 24.3 Å². The van der Waals surface area contributed by atoms with Crippen molar-refractivity contribution in [2.24, 2.45) is 0 Å². The van der Waals surface area contributed by atoms with Gasteiger partial charge in [-0.2, -0.15) is 13.2 Å². The van der Waals surface area contributed by atoms with Crippen molar-refractivity contribution >= 4 is 12.1 Å². The Bertz CT molecular complexity index is 1450. The van der Waals surface area contributed by atoms with E-state index in [0.29, 0.717) is 16.7 Å². The molecule has 198 valence electrons. The van der Waals surface area contributed by atoms with Crippen LogP contribution in [-0.2, 0) is 22.1 Å². The third-order valence-electron chi connectivity index (χ3n) is 6.87. The number of nitrogens with one attached hydrogen (secondary N) is 1. The molecule has 4 aromatic carbocycles. The summed E-state index contributed by atoms with van der Waals surface area (Å²) in [6, 6.07) is 26.2. The van der Waals surface area contributed by atoms with E-state index in [1.165, 1.54) is 12.1 Å². The molecular weight excluding hydrogens is 507 g/mol. The molecule has 1 aliphatic rings. The highest BCUT2D eigenvalue weighted by atomic mass is 19.4. The first-order valence-corrected chi connectivity index (χ1v) is 12.3. The van der Waals surface area contributed by atoms with Crippen LogP contribution in [0, 0.1) is 0 Å². The molecule has 0 heterocycles. The Labute approximate surface area is 222 Å². The highest BCUT2D eigenvalue weighted by molar-refractivity contribution is 5.81. The van der Waals surface area contributed by atoms with Crippen molar-refractivity contribution in [1.82, 2.24) is 5.32 Å². The zero-order valence-electron chi connectivity index (χ0n) is 20.6. The van der Waals surface area contributed by atoms with Crippen molar-refractivity contribution in [3.8, 4) is 22.3 Å². The number of hydrogen-bond donors (Lipinski definition) is 2. The molecule has 0 radical (unpaired) electrons. The Morgan fingerprint density at radius 2 is 1.31 bits per heavy atom. The number of benzene rings is 4. The van der Waals surface area contributed by atoms with Gasteiger partial charge >= 0.3 is 18.2 Å². The molecule has 0 saturated carbocycles. The van der Waals surface area contributed by atoms with Crippen LogP contribution in [0.15, 0.2) is 97.1 Å². The van der Waals surface area contributed by atoms with Crippen LogP contribution in [0.1, 0.15) is 28.2 Å². The summed E-state index contributed by atoms with van der Waals surface area (Å²) in [5.74, 6) is -1.36. The molecule has 1 aliphatic carbocycles.